The summed E-state index contributed by atoms with van der Waals surface area (Å²) in [6.45, 7) is -0.0246. The molecule has 3 aromatic carbocycles. The second-order valence-corrected chi connectivity index (χ2v) is 6.45. The molecule has 0 spiro atoms. The summed E-state index contributed by atoms with van der Waals surface area (Å²) in [7, 11) is 0. The zero-order chi connectivity index (χ0) is 16.8. The third kappa shape index (κ3) is 4.35. The van der Waals surface area contributed by atoms with E-state index in [2.05, 4.69) is 27.9 Å². The summed E-state index contributed by atoms with van der Waals surface area (Å²) in [5.41, 5.74) is 2.83. The van der Waals surface area contributed by atoms with E-state index in [1.165, 1.54) is 0 Å². The Kier molecular flexibility index (Phi) is 5.48. The van der Waals surface area contributed by atoms with Crippen LogP contribution in [0.5, 0.6) is 5.75 Å². The van der Waals surface area contributed by atoms with Gasteiger partial charge in [-0.2, -0.15) is 0 Å². The largest absolute Gasteiger partial charge is 0.484 e. The van der Waals surface area contributed by atoms with Crippen LogP contribution in [-0.4, -0.2) is 12.5 Å². The number of hydrogen-bond acceptors (Lipinski definition) is 2. The maximum Gasteiger partial charge on any atom is 0.262 e. The average Bonchev–Trinajstić information content (AvgIpc) is 2.61. The number of amides is 1. The van der Waals surface area contributed by atoms with Gasteiger partial charge in [0.05, 0.1) is 0 Å². The number of rotatable bonds is 5. The fourth-order valence-corrected chi connectivity index (χ4v) is 2.87. The van der Waals surface area contributed by atoms with Crippen molar-refractivity contribution < 1.29 is 9.53 Å². The average molecular weight is 429 g/mol. The standard InChI is InChI=1S/C20H16INO2/c21-16-9-6-10-17(13-16)24-14-20(23)22-19-12-5-4-11-18(19)15-7-2-1-3-8-15/h1-13H,14H2,(H,22,23). The van der Waals surface area contributed by atoms with Crippen LogP contribution in [0, 0.1) is 3.57 Å². The van der Waals surface area contributed by atoms with Crippen molar-refractivity contribution in [2.45, 2.75) is 0 Å². The minimum Gasteiger partial charge on any atom is -0.484 e. The molecule has 0 aliphatic carbocycles. The lowest BCUT2D eigenvalue weighted by Gasteiger charge is -2.12. The second kappa shape index (κ2) is 7.97. The van der Waals surface area contributed by atoms with Crippen LogP contribution in [0.2, 0.25) is 0 Å². The number of hydrogen-bond donors (Lipinski definition) is 1. The topological polar surface area (TPSA) is 38.3 Å². The molecule has 0 aliphatic heterocycles. The van der Waals surface area contributed by atoms with Gasteiger partial charge in [0, 0.05) is 14.8 Å². The van der Waals surface area contributed by atoms with Crippen molar-refractivity contribution in [3.8, 4) is 16.9 Å². The summed E-state index contributed by atoms with van der Waals surface area (Å²) in [5, 5.41) is 2.93. The van der Waals surface area contributed by atoms with Gasteiger partial charge < -0.3 is 10.1 Å². The molecule has 24 heavy (non-hydrogen) atoms. The number of nitrogens with one attached hydrogen (secondary N) is 1. The van der Waals surface area contributed by atoms with Crippen molar-refractivity contribution in [1.29, 1.82) is 0 Å². The van der Waals surface area contributed by atoms with E-state index in [4.69, 9.17) is 4.74 Å². The molecule has 3 nitrogen and oxygen atoms in total. The molecule has 0 bridgehead atoms. The van der Waals surface area contributed by atoms with Crippen molar-refractivity contribution >= 4 is 34.2 Å². The number of para-hydroxylation sites is 1. The summed E-state index contributed by atoms with van der Waals surface area (Å²) < 4.78 is 6.62. The Morgan fingerprint density at radius 2 is 1.67 bits per heavy atom. The van der Waals surface area contributed by atoms with Gasteiger partial charge in [-0.3, -0.25) is 4.79 Å². The molecule has 0 unspecified atom stereocenters. The van der Waals surface area contributed by atoms with E-state index in [1.807, 2.05) is 78.9 Å². The highest BCUT2D eigenvalue weighted by atomic mass is 127. The molecule has 0 saturated carbocycles. The van der Waals surface area contributed by atoms with Crippen LogP contribution in [0.1, 0.15) is 0 Å². The Hall–Kier alpha value is -2.34. The fourth-order valence-electron chi connectivity index (χ4n) is 2.35. The molecule has 0 saturated heterocycles. The molecule has 0 aliphatic rings. The van der Waals surface area contributed by atoms with Crippen molar-refractivity contribution in [3.63, 3.8) is 0 Å². The first-order valence-corrected chi connectivity index (χ1v) is 8.63. The van der Waals surface area contributed by atoms with Crippen molar-refractivity contribution in [2.75, 3.05) is 11.9 Å². The molecule has 0 atom stereocenters. The van der Waals surface area contributed by atoms with Gasteiger partial charge in [0.15, 0.2) is 6.61 Å². The van der Waals surface area contributed by atoms with Crippen molar-refractivity contribution in [3.05, 3.63) is 82.4 Å². The van der Waals surface area contributed by atoms with Gasteiger partial charge in [-0.05, 0) is 52.4 Å². The predicted octanol–water partition coefficient (Wildman–Crippen LogP) is 4.98. The predicted molar refractivity (Wildman–Crippen MR) is 105 cm³/mol. The molecule has 0 fully saturated rings. The Morgan fingerprint density at radius 1 is 0.917 bits per heavy atom. The molecule has 3 aromatic rings. The lowest BCUT2D eigenvalue weighted by atomic mass is 10.0. The van der Waals surface area contributed by atoms with Gasteiger partial charge in [-0.1, -0.05) is 54.6 Å². The molecule has 3 rings (SSSR count). The van der Waals surface area contributed by atoms with Crippen molar-refractivity contribution in [1.82, 2.24) is 0 Å². The van der Waals surface area contributed by atoms with Crippen LogP contribution in [0.25, 0.3) is 11.1 Å². The lowest BCUT2D eigenvalue weighted by Crippen LogP contribution is -2.20. The molecule has 0 radical (unpaired) electrons. The summed E-state index contributed by atoms with van der Waals surface area (Å²) >= 11 is 2.21. The number of carbonyl (C=O) groups excluding carboxylic acids is 1. The maximum atomic E-state index is 12.2. The van der Waals surface area contributed by atoms with E-state index in [9.17, 15) is 4.79 Å². The minimum atomic E-state index is -0.183. The highest BCUT2D eigenvalue weighted by Crippen LogP contribution is 2.27. The van der Waals surface area contributed by atoms with E-state index in [-0.39, 0.29) is 12.5 Å². The number of carbonyl (C=O) groups is 1. The number of halogens is 1. The van der Waals surface area contributed by atoms with Gasteiger partial charge in [0.2, 0.25) is 0 Å². The molecular weight excluding hydrogens is 413 g/mol. The Bertz CT molecular complexity index is 834. The summed E-state index contributed by atoms with van der Waals surface area (Å²) in [6.07, 6.45) is 0. The quantitative estimate of drug-likeness (QED) is 0.582. The van der Waals surface area contributed by atoms with Crippen LogP contribution < -0.4 is 10.1 Å². The van der Waals surface area contributed by atoms with Crippen LogP contribution >= 0.6 is 22.6 Å². The molecule has 1 amide bonds. The first-order chi connectivity index (χ1) is 11.7. The van der Waals surface area contributed by atoms with E-state index < -0.39 is 0 Å². The van der Waals surface area contributed by atoms with Gasteiger partial charge >= 0.3 is 0 Å². The highest BCUT2D eigenvalue weighted by molar-refractivity contribution is 14.1. The second-order valence-electron chi connectivity index (χ2n) is 5.21. The van der Waals surface area contributed by atoms with Crippen molar-refractivity contribution in [2.24, 2.45) is 0 Å². The van der Waals surface area contributed by atoms with E-state index in [1.54, 1.807) is 0 Å². The van der Waals surface area contributed by atoms with E-state index in [0.717, 1.165) is 20.4 Å². The van der Waals surface area contributed by atoms with E-state index in [0.29, 0.717) is 5.75 Å². The van der Waals surface area contributed by atoms with Crippen LogP contribution in [0.15, 0.2) is 78.9 Å². The maximum absolute atomic E-state index is 12.2. The van der Waals surface area contributed by atoms with Gasteiger partial charge in [-0.15, -0.1) is 0 Å². The first-order valence-electron chi connectivity index (χ1n) is 7.55. The number of ether oxygens (including phenoxy) is 1. The van der Waals surface area contributed by atoms with Gasteiger partial charge in [0.1, 0.15) is 5.75 Å². The SMILES string of the molecule is O=C(COc1cccc(I)c1)Nc1ccccc1-c1ccccc1. The summed E-state index contributed by atoms with van der Waals surface area (Å²) in [6, 6.07) is 25.3. The summed E-state index contributed by atoms with van der Waals surface area (Å²) in [5.74, 6) is 0.505. The minimum absolute atomic E-state index is 0.0246. The third-order valence-electron chi connectivity index (χ3n) is 3.45. The lowest BCUT2D eigenvalue weighted by molar-refractivity contribution is -0.118. The molecule has 0 aromatic heterocycles. The Labute approximate surface area is 154 Å². The smallest absolute Gasteiger partial charge is 0.262 e. The molecule has 1 N–H and O–H groups in total. The highest BCUT2D eigenvalue weighted by Gasteiger charge is 2.09. The van der Waals surface area contributed by atoms with Crippen LogP contribution in [0.3, 0.4) is 0 Å². The zero-order valence-corrected chi connectivity index (χ0v) is 15.1. The Morgan fingerprint density at radius 3 is 2.46 bits per heavy atom. The monoisotopic (exact) mass is 429 g/mol. The molecule has 120 valence electrons. The first kappa shape index (κ1) is 16.5. The van der Waals surface area contributed by atoms with Crippen LogP contribution in [0.4, 0.5) is 5.69 Å². The van der Waals surface area contributed by atoms with Gasteiger partial charge in [-0.25, -0.2) is 0 Å². The van der Waals surface area contributed by atoms with E-state index >= 15 is 0 Å². The number of benzene rings is 3. The van der Waals surface area contributed by atoms with Gasteiger partial charge in [0.25, 0.3) is 5.91 Å². The fraction of sp³-hybridized carbons (Fsp3) is 0.0500. The summed E-state index contributed by atoms with van der Waals surface area (Å²) in [4.78, 5) is 12.2. The molecule has 0 heterocycles. The normalized spacial score (nSPS) is 10.2. The zero-order valence-electron chi connectivity index (χ0n) is 12.9. The number of anilines is 1. The molecular formula is C20H16INO2. The van der Waals surface area contributed by atoms with Crippen LogP contribution in [-0.2, 0) is 4.79 Å². The molecule has 4 heteroatoms. The third-order valence-corrected chi connectivity index (χ3v) is 4.12. The Balaban J connectivity index is 1.69.